The lowest BCUT2D eigenvalue weighted by molar-refractivity contribution is -0.121. The van der Waals surface area contributed by atoms with E-state index in [1.807, 2.05) is 0 Å². The summed E-state index contributed by atoms with van der Waals surface area (Å²) in [5, 5.41) is 2.69. The van der Waals surface area contributed by atoms with Crippen LogP contribution in [0.1, 0.15) is 16.1 Å². The van der Waals surface area contributed by atoms with E-state index in [-0.39, 0.29) is 23.0 Å². The lowest BCUT2D eigenvalue weighted by Crippen LogP contribution is -2.42. The summed E-state index contributed by atoms with van der Waals surface area (Å²) in [5.74, 6) is -1.25. The van der Waals surface area contributed by atoms with Crippen molar-refractivity contribution < 1.29 is 14.0 Å². The first-order chi connectivity index (χ1) is 12.5. The van der Waals surface area contributed by atoms with Gasteiger partial charge in [0, 0.05) is 17.1 Å². The van der Waals surface area contributed by atoms with Crippen molar-refractivity contribution in [2.24, 2.45) is 0 Å². The third-order valence-electron chi connectivity index (χ3n) is 3.29. The summed E-state index contributed by atoms with van der Waals surface area (Å²) >= 11 is 7.00. The van der Waals surface area contributed by atoms with Gasteiger partial charge in [-0.15, -0.1) is 11.3 Å². The molecule has 0 saturated carbocycles. The highest BCUT2D eigenvalue weighted by Crippen LogP contribution is 2.24. The Hall–Kier alpha value is -2.84. The van der Waals surface area contributed by atoms with E-state index in [4.69, 9.17) is 11.6 Å². The molecule has 6 nitrogen and oxygen atoms in total. The molecule has 1 aromatic carbocycles. The monoisotopic (exact) mass is 390 g/mol. The van der Waals surface area contributed by atoms with Gasteiger partial charge in [0.25, 0.3) is 5.91 Å². The SMILES string of the molecule is O=C(Cc1csc(-c2ccc(F)cc2)n1)NNC(=O)c1ccc(Cl)nc1. The highest BCUT2D eigenvalue weighted by molar-refractivity contribution is 7.13. The number of halogens is 2. The van der Waals surface area contributed by atoms with E-state index < -0.39 is 11.8 Å². The Kier molecular flexibility index (Phi) is 5.55. The molecule has 3 aromatic rings. The molecule has 2 heterocycles. The van der Waals surface area contributed by atoms with Crippen LogP contribution in [0.2, 0.25) is 5.15 Å². The molecule has 2 amide bonds. The molecule has 3 rings (SSSR count). The van der Waals surface area contributed by atoms with Gasteiger partial charge in [-0.3, -0.25) is 20.4 Å². The molecule has 0 radical (unpaired) electrons. The molecular weight excluding hydrogens is 379 g/mol. The number of amides is 2. The summed E-state index contributed by atoms with van der Waals surface area (Å²) in [6.45, 7) is 0. The maximum atomic E-state index is 13.0. The zero-order valence-corrected chi connectivity index (χ0v) is 14.8. The summed E-state index contributed by atoms with van der Waals surface area (Å²) < 4.78 is 13.0. The molecule has 0 aliphatic carbocycles. The number of pyridine rings is 1. The number of hydrogen-bond donors (Lipinski definition) is 2. The van der Waals surface area contributed by atoms with Crippen LogP contribution in [-0.2, 0) is 11.2 Å². The molecule has 26 heavy (non-hydrogen) atoms. The summed E-state index contributed by atoms with van der Waals surface area (Å²) in [6.07, 6.45) is 1.30. The van der Waals surface area contributed by atoms with Crippen LogP contribution >= 0.6 is 22.9 Å². The van der Waals surface area contributed by atoms with Crippen LogP contribution in [0.4, 0.5) is 4.39 Å². The van der Waals surface area contributed by atoms with E-state index in [0.29, 0.717) is 10.7 Å². The topological polar surface area (TPSA) is 84.0 Å². The molecule has 9 heteroatoms. The van der Waals surface area contributed by atoms with Crippen molar-refractivity contribution in [3.05, 3.63) is 70.2 Å². The maximum absolute atomic E-state index is 13.0. The zero-order chi connectivity index (χ0) is 18.5. The number of nitrogens with one attached hydrogen (secondary N) is 2. The van der Waals surface area contributed by atoms with Crippen molar-refractivity contribution >= 4 is 34.8 Å². The highest BCUT2D eigenvalue weighted by Gasteiger charge is 2.11. The molecule has 2 N–H and O–H groups in total. The number of hydrogen-bond acceptors (Lipinski definition) is 5. The maximum Gasteiger partial charge on any atom is 0.271 e. The number of carbonyl (C=O) groups excluding carboxylic acids is 2. The molecule has 0 saturated heterocycles. The minimum absolute atomic E-state index is 0.00313. The smallest absolute Gasteiger partial charge is 0.271 e. The highest BCUT2D eigenvalue weighted by atomic mass is 35.5. The molecule has 0 aliphatic rings. The Morgan fingerprint density at radius 3 is 2.58 bits per heavy atom. The fourth-order valence-corrected chi connectivity index (χ4v) is 2.97. The van der Waals surface area contributed by atoms with Gasteiger partial charge >= 0.3 is 0 Å². The molecular formula is C17H12ClFN4O2S. The predicted molar refractivity (Wildman–Crippen MR) is 96.1 cm³/mol. The molecule has 0 unspecified atom stereocenters. The van der Waals surface area contributed by atoms with E-state index in [0.717, 1.165) is 5.56 Å². The van der Waals surface area contributed by atoms with E-state index in [2.05, 4.69) is 20.8 Å². The van der Waals surface area contributed by atoms with Crippen molar-refractivity contribution in [2.75, 3.05) is 0 Å². The van der Waals surface area contributed by atoms with Crippen LogP contribution in [0.25, 0.3) is 10.6 Å². The standard InChI is InChI=1S/C17H12ClFN4O2S/c18-14-6-3-11(8-20-14)16(25)23-22-15(24)7-13-9-26-17(21-13)10-1-4-12(19)5-2-10/h1-6,8-9H,7H2,(H,22,24)(H,23,25). The van der Waals surface area contributed by atoms with Crippen molar-refractivity contribution in [2.45, 2.75) is 6.42 Å². The Morgan fingerprint density at radius 2 is 1.88 bits per heavy atom. The number of hydrazine groups is 1. The number of nitrogens with zero attached hydrogens (tertiary/aromatic N) is 2. The lowest BCUT2D eigenvalue weighted by Gasteiger charge is -2.06. The van der Waals surface area contributed by atoms with Crippen molar-refractivity contribution in [3.8, 4) is 10.6 Å². The fourth-order valence-electron chi connectivity index (χ4n) is 2.03. The van der Waals surface area contributed by atoms with Crippen molar-refractivity contribution in [3.63, 3.8) is 0 Å². The minimum atomic E-state index is -0.507. The molecule has 2 aromatic heterocycles. The molecule has 0 fully saturated rings. The number of aromatic nitrogens is 2. The van der Waals surface area contributed by atoms with Gasteiger partial charge in [-0.25, -0.2) is 14.4 Å². The third kappa shape index (κ3) is 4.62. The number of rotatable bonds is 4. The Bertz CT molecular complexity index is 929. The molecule has 0 aliphatic heterocycles. The van der Waals surface area contributed by atoms with Gasteiger partial charge < -0.3 is 0 Å². The van der Waals surface area contributed by atoms with Gasteiger partial charge in [-0.05, 0) is 36.4 Å². The molecule has 132 valence electrons. The van der Waals surface area contributed by atoms with Crippen LogP contribution in [-0.4, -0.2) is 21.8 Å². The quantitative estimate of drug-likeness (QED) is 0.530. The zero-order valence-electron chi connectivity index (χ0n) is 13.2. The average Bonchev–Trinajstić information content (AvgIpc) is 3.09. The van der Waals surface area contributed by atoms with E-state index in [9.17, 15) is 14.0 Å². The molecule has 0 atom stereocenters. The van der Waals surface area contributed by atoms with E-state index >= 15 is 0 Å². The van der Waals surface area contributed by atoms with Crippen LogP contribution in [0.5, 0.6) is 0 Å². The molecule has 0 bridgehead atoms. The average molecular weight is 391 g/mol. The predicted octanol–water partition coefficient (Wildman–Crippen LogP) is 3.00. The summed E-state index contributed by atoms with van der Waals surface area (Å²) in [5.41, 5.74) is 6.20. The van der Waals surface area contributed by atoms with Crippen LogP contribution in [0, 0.1) is 5.82 Å². The second kappa shape index (κ2) is 8.03. The van der Waals surface area contributed by atoms with Crippen molar-refractivity contribution in [1.29, 1.82) is 0 Å². The fraction of sp³-hybridized carbons (Fsp3) is 0.0588. The first-order valence-electron chi connectivity index (χ1n) is 7.42. The second-order valence-electron chi connectivity index (χ2n) is 5.20. The van der Waals surface area contributed by atoms with Gasteiger partial charge in [0.1, 0.15) is 16.0 Å². The van der Waals surface area contributed by atoms with Crippen LogP contribution in [0.15, 0.2) is 48.0 Å². The lowest BCUT2D eigenvalue weighted by atomic mass is 10.2. The van der Waals surface area contributed by atoms with Crippen LogP contribution in [0.3, 0.4) is 0 Å². The summed E-state index contributed by atoms with van der Waals surface area (Å²) in [6, 6.07) is 8.92. The third-order valence-corrected chi connectivity index (χ3v) is 4.45. The first-order valence-corrected chi connectivity index (χ1v) is 8.68. The van der Waals surface area contributed by atoms with E-state index in [1.165, 1.54) is 41.8 Å². The van der Waals surface area contributed by atoms with Gasteiger partial charge in [-0.2, -0.15) is 0 Å². The Morgan fingerprint density at radius 1 is 1.12 bits per heavy atom. The second-order valence-corrected chi connectivity index (χ2v) is 6.44. The number of carbonyl (C=O) groups is 2. The summed E-state index contributed by atoms with van der Waals surface area (Å²) in [4.78, 5) is 32.0. The van der Waals surface area contributed by atoms with Crippen LogP contribution < -0.4 is 10.9 Å². The Balaban J connectivity index is 1.54. The van der Waals surface area contributed by atoms with Crippen molar-refractivity contribution in [1.82, 2.24) is 20.8 Å². The molecule has 0 spiro atoms. The van der Waals surface area contributed by atoms with Gasteiger partial charge in [0.05, 0.1) is 17.7 Å². The normalized spacial score (nSPS) is 10.4. The van der Waals surface area contributed by atoms with Gasteiger partial charge in [0.2, 0.25) is 5.91 Å². The number of benzene rings is 1. The van der Waals surface area contributed by atoms with E-state index in [1.54, 1.807) is 17.5 Å². The first kappa shape index (κ1) is 18.0. The summed E-state index contributed by atoms with van der Waals surface area (Å²) in [7, 11) is 0. The number of thiazole rings is 1. The largest absolute Gasteiger partial charge is 0.273 e. The van der Waals surface area contributed by atoms with Gasteiger partial charge in [-0.1, -0.05) is 11.6 Å². The minimum Gasteiger partial charge on any atom is -0.273 e. The Labute approximate surface area is 157 Å². The van der Waals surface area contributed by atoms with Gasteiger partial charge in [0.15, 0.2) is 0 Å².